The molecule has 0 bridgehead atoms. The lowest BCUT2D eigenvalue weighted by Crippen LogP contribution is -2.14. The fourth-order valence-corrected chi connectivity index (χ4v) is 2.17. The Morgan fingerprint density at radius 2 is 1.80 bits per heavy atom. The van der Waals surface area contributed by atoms with Gasteiger partial charge in [0.1, 0.15) is 11.5 Å². The third-order valence-corrected chi connectivity index (χ3v) is 3.14. The first-order chi connectivity index (χ1) is 11.9. The average molecular weight is 343 g/mol. The zero-order chi connectivity index (χ0) is 18.2. The lowest BCUT2D eigenvalue weighted by Gasteiger charge is -2.11. The molecule has 0 aliphatic heterocycles. The summed E-state index contributed by atoms with van der Waals surface area (Å²) < 4.78 is 10.7. The number of carbonyl (C=O) groups is 2. The molecule has 2 N–H and O–H groups in total. The minimum absolute atomic E-state index is 0.0749. The van der Waals surface area contributed by atoms with Crippen LogP contribution in [0.5, 0.6) is 11.5 Å². The standard InChI is InChI=1S/C19H21NO5/c1-13(2)25-17-5-3-4-14(10-17)11-18(21)20-15-6-8-16(9-7-15)24-12-19(22)23/h3-10,13H,11-12H2,1-2H3,(H,20,21)(H,22,23). The fraction of sp³-hybridized carbons (Fsp3) is 0.263. The first-order valence-corrected chi connectivity index (χ1v) is 7.92. The Labute approximate surface area is 146 Å². The number of carboxylic acids is 1. The lowest BCUT2D eigenvalue weighted by atomic mass is 10.1. The Morgan fingerprint density at radius 1 is 1.08 bits per heavy atom. The van der Waals surface area contributed by atoms with E-state index in [2.05, 4.69) is 5.32 Å². The van der Waals surface area contributed by atoms with E-state index < -0.39 is 12.6 Å². The van der Waals surface area contributed by atoms with E-state index in [1.54, 1.807) is 24.3 Å². The minimum Gasteiger partial charge on any atom is -0.491 e. The van der Waals surface area contributed by atoms with Gasteiger partial charge in [-0.25, -0.2) is 4.79 Å². The van der Waals surface area contributed by atoms with Crippen molar-refractivity contribution in [2.45, 2.75) is 26.4 Å². The van der Waals surface area contributed by atoms with Crippen molar-refractivity contribution in [1.29, 1.82) is 0 Å². The fourth-order valence-electron chi connectivity index (χ4n) is 2.17. The quantitative estimate of drug-likeness (QED) is 0.769. The minimum atomic E-state index is -1.04. The van der Waals surface area contributed by atoms with Crippen molar-refractivity contribution in [3.63, 3.8) is 0 Å². The number of anilines is 1. The first-order valence-electron chi connectivity index (χ1n) is 7.92. The molecule has 6 nitrogen and oxygen atoms in total. The van der Waals surface area contributed by atoms with Gasteiger partial charge in [0.05, 0.1) is 12.5 Å². The number of carbonyl (C=O) groups excluding carboxylic acids is 1. The molecule has 2 rings (SSSR count). The van der Waals surface area contributed by atoms with Crippen LogP contribution in [0.25, 0.3) is 0 Å². The van der Waals surface area contributed by atoms with Crippen LogP contribution in [0.15, 0.2) is 48.5 Å². The summed E-state index contributed by atoms with van der Waals surface area (Å²) >= 11 is 0. The molecular formula is C19H21NO5. The molecule has 132 valence electrons. The van der Waals surface area contributed by atoms with E-state index in [1.165, 1.54) is 0 Å². The van der Waals surface area contributed by atoms with Crippen LogP contribution in [0, 0.1) is 0 Å². The van der Waals surface area contributed by atoms with E-state index in [0.717, 1.165) is 11.3 Å². The van der Waals surface area contributed by atoms with Gasteiger partial charge in [0.25, 0.3) is 0 Å². The molecule has 0 atom stereocenters. The zero-order valence-electron chi connectivity index (χ0n) is 14.2. The number of hydrogen-bond donors (Lipinski definition) is 2. The molecule has 0 spiro atoms. The first kappa shape index (κ1) is 18.3. The van der Waals surface area contributed by atoms with Crippen molar-refractivity contribution in [3.05, 3.63) is 54.1 Å². The van der Waals surface area contributed by atoms with Crippen LogP contribution in [0.2, 0.25) is 0 Å². The second-order valence-electron chi connectivity index (χ2n) is 5.75. The van der Waals surface area contributed by atoms with Crippen LogP contribution in [-0.4, -0.2) is 29.7 Å². The zero-order valence-corrected chi connectivity index (χ0v) is 14.2. The Morgan fingerprint density at radius 3 is 2.44 bits per heavy atom. The van der Waals surface area contributed by atoms with Gasteiger partial charge in [0.2, 0.25) is 5.91 Å². The maximum Gasteiger partial charge on any atom is 0.341 e. The molecule has 0 aliphatic carbocycles. The predicted molar refractivity (Wildman–Crippen MR) is 94.1 cm³/mol. The van der Waals surface area contributed by atoms with Crippen molar-refractivity contribution in [3.8, 4) is 11.5 Å². The number of ether oxygens (including phenoxy) is 2. The van der Waals surface area contributed by atoms with Gasteiger partial charge in [-0.1, -0.05) is 12.1 Å². The number of carboxylic acid groups (broad SMARTS) is 1. The van der Waals surface area contributed by atoms with Crippen LogP contribution in [0.4, 0.5) is 5.69 Å². The van der Waals surface area contributed by atoms with Gasteiger partial charge in [0, 0.05) is 5.69 Å². The molecule has 2 aromatic carbocycles. The van der Waals surface area contributed by atoms with Gasteiger partial charge in [-0.2, -0.15) is 0 Å². The Bertz CT molecular complexity index is 725. The molecule has 6 heteroatoms. The Hall–Kier alpha value is -3.02. The summed E-state index contributed by atoms with van der Waals surface area (Å²) in [4.78, 5) is 22.6. The normalized spacial score (nSPS) is 10.4. The molecule has 0 fully saturated rings. The highest BCUT2D eigenvalue weighted by atomic mass is 16.5. The van der Waals surface area contributed by atoms with E-state index in [4.69, 9.17) is 14.6 Å². The smallest absolute Gasteiger partial charge is 0.341 e. The summed E-state index contributed by atoms with van der Waals surface area (Å²) in [7, 11) is 0. The van der Waals surface area contributed by atoms with Gasteiger partial charge < -0.3 is 19.9 Å². The lowest BCUT2D eigenvalue weighted by molar-refractivity contribution is -0.139. The summed E-state index contributed by atoms with van der Waals surface area (Å²) in [6.45, 7) is 3.49. The Balaban J connectivity index is 1.90. The van der Waals surface area contributed by atoms with Crippen LogP contribution in [0.1, 0.15) is 19.4 Å². The molecule has 0 heterocycles. The average Bonchev–Trinajstić information content (AvgIpc) is 2.53. The number of amides is 1. The monoisotopic (exact) mass is 343 g/mol. The van der Waals surface area contributed by atoms with Crippen molar-refractivity contribution in [2.24, 2.45) is 0 Å². The molecule has 25 heavy (non-hydrogen) atoms. The highest BCUT2D eigenvalue weighted by molar-refractivity contribution is 5.92. The highest BCUT2D eigenvalue weighted by Crippen LogP contribution is 2.18. The van der Waals surface area contributed by atoms with E-state index >= 15 is 0 Å². The molecule has 0 radical (unpaired) electrons. The largest absolute Gasteiger partial charge is 0.491 e. The van der Waals surface area contributed by atoms with Crippen LogP contribution >= 0.6 is 0 Å². The topological polar surface area (TPSA) is 84.9 Å². The number of benzene rings is 2. The van der Waals surface area contributed by atoms with Crippen LogP contribution in [0.3, 0.4) is 0 Å². The van der Waals surface area contributed by atoms with Crippen molar-refractivity contribution < 1.29 is 24.2 Å². The highest BCUT2D eigenvalue weighted by Gasteiger charge is 2.07. The predicted octanol–water partition coefficient (Wildman–Crippen LogP) is 3.12. The van der Waals surface area contributed by atoms with Gasteiger partial charge in [-0.15, -0.1) is 0 Å². The van der Waals surface area contributed by atoms with Crippen molar-refractivity contribution in [2.75, 3.05) is 11.9 Å². The van der Waals surface area contributed by atoms with E-state index in [1.807, 2.05) is 38.1 Å². The van der Waals surface area contributed by atoms with Crippen LogP contribution < -0.4 is 14.8 Å². The molecule has 0 saturated heterocycles. The van der Waals surface area contributed by atoms with Crippen LogP contribution in [-0.2, 0) is 16.0 Å². The second-order valence-corrected chi connectivity index (χ2v) is 5.75. The SMILES string of the molecule is CC(C)Oc1cccc(CC(=O)Nc2ccc(OCC(=O)O)cc2)c1. The summed E-state index contributed by atoms with van der Waals surface area (Å²) in [5.74, 6) is -0.0267. The summed E-state index contributed by atoms with van der Waals surface area (Å²) in [6.07, 6.45) is 0.304. The maximum atomic E-state index is 12.2. The number of aliphatic carboxylic acids is 1. The number of nitrogens with one attached hydrogen (secondary N) is 1. The van der Waals surface area contributed by atoms with E-state index in [-0.39, 0.29) is 18.4 Å². The molecule has 0 unspecified atom stereocenters. The number of rotatable bonds is 8. The van der Waals surface area contributed by atoms with Crippen molar-refractivity contribution in [1.82, 2.24) is 0 Å². The molecule has 2 aromatic rings. The van der Waals surface area contributed by atoms with Gasteiger partial charge in [0.15, 0.2) is 6.61 Å². The van der Waals surface area contributed by atoms with E-state index in [9.17, 15) is 9.59 Å². The molecule has 1 amide bonds. The van der Waals surface area contributed by atoms with Crippen molar-refractivity contribution >= 4 is 17.6 Å². The van der Waals surface area contributed by atoms with Gasteiger partial charge in [-0.05, 0) is 55.8 Å². The summed E-state index contributed by atoms with van der Waals surface area (Å²) in [5.41, 5.74) is 1.47. The summed E-state index contributed by atoms with van der Waals surface area (Å²) in [5, 5.41) is 11.4. The third kappa shape index (κ3) is 6.55. The van der Waals surface area contributed by atoms with Gasteiger partial charge in [-0.3, -0.25) is 4.79 Å². The third-order valence-electron chi connectivity index (χ3n) is 3.14. The molecule has 0 saturated carbocycles. The molecular weight excluding hydrogens is 322 g/mol. The molecule has 0 aliphatic rings. The maximum absolute atomic E-state index is 12.2. The van der Waals surface area contributed by atoms with E-state index in [0.29, 0.717) is 11.4 Å². The van der Waals surface area contributed by atoms with Gasteiger partial charge >= 0.3 is 5.97 Å². The molecule has 0 aromatic heterocycles. The number of hydrogen-bond acceptors (Lipinski definition) is 4. The Kier molecular flexibility index (Phi) is 6.39. The second kappa shape index (κ2) is 8.73. The summed E-state index contributed by atoms with van der Waals surface area (Å²) in [6, 6.07) is 14.0.